The molecule has 0 aliphatic rings. The molecule has 0 aliphatic carbocycles. The van der Waals surface area contributed by atoms with Gasteiger partial charge in [0, 0.05) is 12.1 Å². The number of carbonyl (C=O) groups excluding carboxylic acids is 1. The van der Waals surface area contributed by atoms with Crippen molar-refractivity contribution < 1.29 is 26.3 Å². The summed E-state index contributed by atoms with van der Waals surface area (Å²) in [6.45, 7) is 7.27. The summed E-state index contributed by atoms with van der Waals surface area (Å²) in [5.74, 6) is -0.0263. The van der Waals surface area contributed by atoms with E-state index in [9.17, 15) is 4.79 Å². The van der Waals surface area contributed by atoms with Crippen LogP contribution in [0.2, 0.25) is 0 Å². The number of hydrogen-bond acceptors (Lipinski definition) is 1. The Morgan fingerprint density at radius 1 is 1.19 bits per heavy atom. The first-order chi connectivity index (χ1) is 6.83. The van der Waals surface area contributed by atoms with Crippen molar-refractivity contribution in [3.8, 4) is 0 Å². The monoisotopic (exact) mass is 292 g/mol. The molecule has 1 amide bonds. The minimum Gasteiger partial charge on any atom is -1.00 e. The molecule has 0 aliphatic heterocycles. The van der Waals surface area contributed by atoms with Gasteiger partial charge >= 0.3 is 0 Å². The van der Waals surface area contributed by atoms with Crippen LogP contribution in [0.3, 0.4) is 0 Å². The second-order valence-corrected chi connectivity index (χ2v) is 5.11. The maximum Gasteiger partial charge on any atom is 0.246 e. The van der Waals surface area contributed by atoms with Gasteiger partial charge in [-0.3, -0.25) is 4.79 Å². The second kappa shape index (κ2) is 8.76. The summed E-state index contributed by atoms with van der Waals surface area (Å²) in [5.41, 5.74) is 0.585. The smallest absolute Gasteiger partial charge is 0.246 e. The highest BCUT2D eigenvalue weighted by Gasteiger charge is 2.05. The zero-order valence-corrected chi connectivity index (χ0v) is 12.6. The predicted molar refractivity (Wildman–Crippen MR) is 64.6 cm³/mol. The van der Waals surface area contributed by atoms with Gasteiger partial charge in [-0.2, -0.15) is 0 Å². The Kier molecular flexibility index (Phi) is 9.87. The van der Waals surface area contributed by atoms with Gasteiger partial charge in [-0.15, -0.1) is 0 Å². The van der Waals surface area contributed by atoms with Gasteiger partial charge in [0.25, 0.3) is 0 Å². The number of hydrogen-bond donors (Lipinski definition) is 1. The van der Waals surface area contributed by atoms with E-state index in [4.69, 9.17) is 0 Å². The third-order valence-electron chi connectivity index (χ3n) is 2.18. The second-order valence-electron chi connectivity index (χ2n) is 5.11. The highest BCUT2D eigenvalue weighted by molar-refractivity contribution is 5.91. The molecule has 0 saturated carbocycles. The van der Waals surface area contributed by atoms with Crippen molar-refractivity contribution in [3.63, 3.8) is 0 Å². The van der Waals surface area contributed by atoms with Gasteiger partial charge in [0.1, 0.15) is 0 Å². The molecule has 0 aromatic carbocycles. The normalized spacial score (nSPS) is 10.5. The van der Waals surface area contributed by atoms with Gasteiger partial charge in [-0.05, 0) is 26.2 Å². The number of nitrogens with zero attached hydrogens (tertiary/aromatic N) is 1. The number of quaternary nitrogens is 1. The van der Waals surface area contributed by atoms with Crippen LogP contribution in [0.4, 0.5) is 0 Å². The van der Waals surface area contributed by atoms with Crippen LogP contribution in [0.15, 0.2) is 12.2 Å². The molecule has 4 heteroatoms. The number of rotatable bonds is 7. The topological polar surface area (TPSA) is 29.1 Å². The lowest BCUT2D eigenvalue weighted by atomic mass is 10.2. The van der Waals surface area contributed by atoms with Gasteiger partial charge in [0.05, 0.1) is 27.7 Å². The van der Waals surface area contributed by atoms with Crippen LogP contribution in [0.1, 0.15) is 26.2 Å². The quantitative estimate of drug-likeness (QED) is 0.348. The Morgan fingerprint density at radius 2 is 1.75 bits per heavy atom. The zero-order valence-electron chi connectivity index (χ0n) is 11.0. The van der Waals surface area contributed by atoms with Crippen LogP contribution in [0.5, 0.6) is 0 Å². The summed E-state index contributed by atoms with van der Waals surface area (Å²) in [4.78, 5) is 11.1. The average Bonchev–Trinajstić information content (AvgIpc) is 2.08. The number of amides is 1. The van der Waals surface area contributed by atoms with E-state index in [1.165, 1.54) is 19.4 Å². The van der Waals surface area contributed by atoms with Crippen LogP contribution >= 0.6 is 0 Å². The molecular weight excluding hydrogens is 268 g/mol. The van der Waals surface area contributed by atoms with E-state index < -0.39 is 0 Å². The van der Waals surface area contributed by atoms with E-state index in [-0.39, 0.29) is 22.9 Å². The first kappa shape index (κ1) is 18.0. The summed E-state index contributed by atoms with van der Waals surface area (Å²) in [6.07, 6.45) is 3.44. The minimum absolute atomic E-state index is 0. The molecular formula is C12H25BrN2O. The number of unbranched alkanes of at least 4 members (excludes halogenated alkanes) is 2. The molecule has 0 radical (unpaired) electrons. The van der Waals surface area contributed by atoms with Gasteiger partial charge in [-0.25, -0.2) is 0 Å². The van der Waals surface area contributed by atoms with Gasteiger partial charge < -0.3 is 26.8 Å². The maximum absolute atomic E-state index is 11.1. The first-order valence-electron chi connectivity index (χ1n) is 5.57. The van der Waals surface area contributed by atoms with E-state index in [2.05, 4.69) is 33.0 Å². The van der Waals surface area contributed by atoms with E-state index in [0.29, 0.717) is 5.57 Å². The first-order valence-corrected chi connectivity index (χ1v) is 5.57. The summed E-state index contributed by atoms with van der Waals surface area (Å²) < 4.78 is 1.01. The predicted octanol–water partition coefficient (Wildman–Crippen LogP) is -1.44. The lowest BCUT2D eigenvalue weighted by Gasteiger charge is -2.23. The zero-order chi connectivity index (χ0) is 11.9. The van der Waals surface area contributed by atoms with Gasteiger partial charge in [-0.1, -0.05) is 6.58 Å². The highest BCUT2D eigenvalue weighted by atomic mass is 79.9. The Morgan fingerprint density at radius 3 is 2.19 bits per heavy atom. The lowest BCUT2D eigenvalue weighted by molar-refractivity contribution is -0.870. The average molecular weight is 293 g/mol. The molecule has 96 valence electrons. The Bertz CT molecular complexity index is 222. The molecule has 0 fully saturated rings. The molecule has 0 aromatic heterocycles. The molecule has 0 heterocycles. The molecule has 1 N–H and O–H groups in total. The van der Waals surface area contributed by atoms with Gasteiger partial charge in [0.15, 0.2) is 0 Å². The Balaban J connectivity index is 0. The largest absolute Gasteiger partial charge is 1.00 e. The summed E-state index contributed by atoms with van der Waals surface area (Å²) >= 11 is 0. The number of nitrogens with one attached hydrogen (secondary N) is 1. The molecule has 16 heavy (non-hydrogen) atoms. The minimum atomic E-state index is -0.0263. The molecule has 0 unspecified atom stereocenters. The fourth-order valence-corrected chi connectivity index (χ4v) is 1.24. The van der Waals surface area contributed by atoms with Crippen molar-refractivity contribution >= 4 is 5.91 Å². The molecule has 0 spiro atoms. The number of halogens is 1. The van der Waals surface area contributed by atoms with Crippen molar-refractivity contribution in [2.45, 2.75) is 26.2 Å². The number of carbonyl (C=O) groups is 1. The van der Waals surface area contributed by atoms with Crippen LogP contribution in [0, 0.1) is 0 Å². The van der Waals surface area contributed by atoms with Gasteiger partial charge in [0.2, 0.25) is 5.91 Å². The molecule has 0 saturated heterocycles. The fourth-order valence-electron chi connectivity index (χ4n) is 1.24. The van der Waals surface area contributed by atoms with Crippen LogP contribution in [0.25, 0.3) is 0 Å². The summed E-state index contributed by atoms with van der Waals surface area (Å²) in [5, 5.41) is 2.84. The van der Waals surface area contributed by atoms with E-state index in [1.807, 2.05) is 0 Å². The fraction of sp³-hybridized carbons (Fsp3) is 0.750. The standard InChI is InChI=1S/C12H24N2O.BrH/c1-11(2)12(15)13-9-7-6-8-10-14(3,4)5;/h1,6-10H2,2-5H3;1H. The third kappa shape index (κ3) is 11.7. The summed E-state index contributed by atoms with van der Waals surface area (Å²) in [6, 6.07) is 0. The van der Waals surface area contributed by atoms with E-state index >= 15 is 0 Å². The van der Waals surface area contributed by atoms with Crippen molar-refractivity contribution in [2.75, 3.05) is 34.2 Å². The maximum atomic E-state index is 11.1. The third-order valence-corrected chi connectivity index (χ3v) is 2.18. The van der Waals surface area contributed by atoms with Crippen molar-refractivity contribution in [2.24, 2.45) is 0 Å². The molecule has 0 bridgehead atoms. The highest BCUT2D eigenvalue weighted by Crippen LogP contribution is 2.00. The van der Waals surface area contributed by atoms with Crippen LogP contribution in [-0.4, -0.2) is 44.6 Å². The van der Waals surface area contributed by atoms with Crippen molar-refractivity contribution in [3.05, 3.63) is 12.2 Å². The van der Waals surface area contributed by atoms with Crippen LogP contribution < -0.4 is 22.3 Å². The SMILES string of the molecule is C=C(C)C(=O)NCCCCC[N+](C)(C)C.[Br-]. The van der Waals surface area contributed by atoms with Crippen LogP contribution in [-0.2, 0) is 4.79 Å². The van der Waals surface area contributed by atoms with E-state index in [0.717, 1.165) is 17.4 Å². The molecule has 0 rings (SSSR count). The van der Waals surface area contributed by atoms with Crippen molar-refractivity contribution in [1.82, 2.24) is 5.32 Å². The van der Waals surface area contributed by atoms with E-state index in [1.54, 1.807) is 6.92 Å². The lowest BCUT2D eigenvalue weighted by Crippen LogP contribution is -3.00. The molecule has 0 atom stereocenters. The summed E-state index contributed by atoms with van der Waals surface area (Å²) in [7, 11) is 6.59. The Hall–Kier alpha value is -0.350. The molecule has 0 aromatic rings. The van der Waals surface area contributed by atoms with Crippen molar-refractivity contribution in [1.29, 1.82) is 0 Å². The Labute approximate surface area is 110 Å². The molecule has 3 nitrogen and oxygen atoms in total.